The summed E-state index contributed by atoms with van der Waals surface area (Å²) >= 11 is 0. The van der Waals surface area contributed by atoms with E-state index in [1.165, 1.54) is 0 Å². The van der Waals surface area contributed by atoms with Crippen molar-refractivity contribution in [3.05, 3.63) is 30.5 Å². The van der Waals surface area contributed by atoms with Gasteiger partial charge in [-0.1, -0.05) is 13.8 Å². The van der Waals surface area contributed by atoms with Gasteiger partial charge in [0.15, 0.2) is 5.65 Å². The number of hydrogen-bond acceptors (Lipinski definition) is 2. The summed E-state index contributed by atoms with van der Waals surface area (Å²) in [6.07, 6.45) is 5.56. The number of nitrogens with zero attached hydrogens (tertiary/aromatic N) is 3. The summed E-state index contributed by atoms with van der Waals surface area (Å²) in [6.45, 7) is 4.24. The van der Waals surface area contributed by atoms with E-state index < -0.39 is 0 Å². The van der Waals surface area contributed by atoms with E-state index in [2.05, 4.69) is 23.8 Å². The first-order chi connectivity index (χ1) is 5.79. The molecule has 0 bridgehead atoms. The van der Waals surface area contributed by atoms with E-state index in [-0.39, 0.29) is 0 Å². The Bertz CT molecular complexity index is 389. The van der Waals surface area contributed by atoms with E-state index in [1.54, 1.807) is 12.5 Å². The largest absolute Gasteiger partial charge is 0.290 e. The van der Waals surface area contributed by atoms with Gasteiger partial charge in [-0.25, -0.2) is 9.97 Å². The van der Waals surface area contributed by atoms with Crippen molar-refractivity contribution in [1.82, 2.24) is 14.4 Å². The van der Waals surface area contributed by atoms with E-state index >= 15 is 0 Å². The van der Waals surface area contributed by atoms with Gasteiger partial charge in [0.05, 0.1) is 5.69 Å². The fourth-order valence-corrected chi connectivity index (χ4v) is 1.26. The van der Waals surface area contributed by atoms with Crippen LogP contribution in [0.15, 0.2) is 24.8 Å². The van der Waals surface area contributed by atoms with Gasteiger partial charge < -0.3 is 0 Å². The molecule has 2 heterocycles. The Kier molecular flexibility index (Phi) is 1.57. The molecule has 0 aromatic carbocycles. The highest BCUT2D eigenvalue weighted by atomic mass is 15.0. The Balaban J connectivity index is 2.70. The molecule has 12 heavy (non-hydrogen) atoms. The minimum Gasteiger partial charge on any atom is -0.290 e. The Morgan fingerprint density at radius 1 is 1.33 bits per heavy atom. The Morgan fingerprint density at radius 3 is 2.92 bits per heavy atom. The van der Waals surface area contributed by atoms with E-state index in [1.807, 2.05) is 16.7 Å². The maximum absolute atomic E-state index is 4.30. The lowest BCUT2D eigenvalue weighted by Gasteiger charge is -1.98. The molecule has 0 aliphatic rings. The minimum atomic E-state index is 0.435. The van der Waals surface area contributed by atoms with Gasteiger partial charge in [0, 0.05) is 12.4 Å². The van der Waals surface area contributed by atoms with Crippen LogP contribution in [0.3, 0.4) is 0 Å². The SMILES string of the molecule is CC(C)c1ncn2cccnc12. The lowest BCUT2D eigenvalue weighted by Crippen LogP contribution is -1.91. The molecule has 0 fully saturated rings. The normalized spacial score (nSPS) is 11.2. The second kappa shape index (κ2) is 2.59. The van der Waals surface area contributed by atoms with Gasteiger partial charge in [0.25, 0.3) is 0 Å². The van der Waals surface area contributed by atoms with Crippen molar-refractivity contribution in [2.75, 3.05) is 0 Å². The molecule has 2 aromatic heterocycles. The van der Waals surface area contributed by atoms with Crippen LogP contribution in [0.1, 0.15) is 25.5 Å². The van der Waals surface area contributed by atoms with Crippen molar-refractivity contribution in [3.63, 3.8) is 0 Å². The number of hydrogen-bond donors (Lipinski definition) is 0. The van der Waals surface area contributed by atoms with E-state index in [0.717, 1.165) is 11.3 Å². The molecular weight excluding hydrogens is 150 g/mol. The van der Waals surface area contributed by atoms with Crippen molar-refractivity contribution >= 4 is 5.65 Å². The summed E-state index contributed by atoms with van der Waals surface area (Å²) in [5.41, 5.74) is 2.03. The minimum absolute atomic E-state index is 0.435. The predicted octanol–water partition coefficient (Wildman–Crippen LogP) is 1.85. The lowest BCUT2D eigenvalue weighted by molar-refractivity contribution is 0.837. The van der Waals surface area contributed by atoms with Crippen LogP contribution < -0.4 is 0 Å². The first-order valence-corrected chi connectivity index (χ1v) is 4.06. The molecule has 0 unspecified atom stereocenters. The Hall–Kier alpha value is -1.38. The van der Waals surface area contributed by atoms with Gasteiger partial charge in [-0.2, -0.15) is 0 Å². The van der Waals surface area contributed by atoms with Crippen molar-refractivity contribution in [1.29, 1.82) is 0 Å². The van der Waals surface area contributed by atoms with Crippen molar-refractivity contribution in [3.8, 4) is 0 Å². The lowest BCUT2D eigenvalue weighted by atomic mass is 10.1. The molecule has 0 aliphatic heterocycles. The van der Waals surface area contributed by atoms with Crippen LogP contribution in [-0.4, -0.2) is 14.4 Å². The van der Waals surface area contributed by atoms with Crippen LogP contribution in [0, 0.1) is 0 Å². The zero-order valence-corrected chi connectivity index (χ0v) is 7.23. The molecule has 3 heteroatoms. The standard InChI is InChI=1S/C9H11N3/c1-7(2)8-9-10-4-3-5-12(9)6-11-8/h3-7H,1-2H3. The Labute approximate surface area is 71.1 Å². The van der Waals surface area contributed by atoms with Gasteiger partial charge in [-0.3, -0.25) is 4.40 Å². The zero-order valence-electron chi connectivity index (χ0n) is 7.23. The molecule has 0 spiro atoms. The maximum atomic E-state index is 4.30. The number of imidazole rings is 1. The smallest absolute Gasteiger partial charge is 0.159 e. The third kappa shape index (κ3) is 0.978. The summed E-state index contributed by atoms with van der Waals surface area (Å²) in [5.74, 6) is 0.435. The highest BCUT2D eigenvalue weighted by Crippen LogP contribution is 2.15. The molecule has 0 amide bonds. The average Bonchev–Trinajstić information content (AvgIpc) is 2.47. The van der Waals surface area contributed by atoms with E-state index in [4.69, 9.17) is 0 Å². The fourth-order valence-electron chi connectivity index (χ4n) is 1.26. The number of rotatable bonds is 1. The first kappa shape index (κ1) is 7.28. The number of aromatic nitrogens is 3. The third-order valence-corrected chi connectivity index (χ3v) is 1.87. The molecule has 62 valence electrons. The monoisotopic (exact) mass is 161 g/mol. The Morgan fingerprint density at radius 2 is 2.17 bits per heavy atom. The molecule has 0 saturated heterocycles. The van der Waals surface area contributed by atoms with Crippen LogP contribution in [-0.2, 0) is 0 Å². The third-order valence-electron chi connectivity index (χ3n) is 1.87. The zero-order chi connectivity index (χ0) is 8.55. The van der Waals surface area contributed by atoms with Crippen LogP contribution in [0.2, 0.25) is 0 Å². The van der Waals surface area contributed by atoms with Crippen LogP contribution in [0.4, 0.5) is 0 Å². The van der Waals surface area contributed by atoms with Crippen molar-refractivity contribution in [2.24, 2.45) is 0 Å². The topological polar surface area (TPSA) is 30.2 Å². The highest BCUT2D eigenvalue weighted by Gasteiger charge is 2.07. The highest BCUT2D eigenvalue weighted by molar-refractivity contribution is 5.44. The van der Waals surface area contributed by atoms with Crippen molar-refractivity contribution < 1.29 is 0 Å². The molecule has 0 N–H and O–H groups in total. The summed E-state index contributed by atoms with van der Waals surface area (Å²) < 4.78 is 1.94. The quantitative estimate of drug-likeness (QED) is 0.639. The van der Waals surface area contributed by atoms with Crippen LogP contribution >= 0.6 is 0 Å². The molecular formula is C9H11N3. The van der Waals surface area contributed by atoms with E-state index in [0.29, 0.717) is 5.92 Å². The molecule has 0 aliphatic carbocycles. The molecule has 2 aromatic rings. The van der Waals surface area contributed by atoms with Gasteiger partial charge >= 0.3 is 0 Å². The van der Waals surface area contributed by atoms with Gasteiger partial charge in [-0.15, -0.1) is 0 Å². The maximum Gasteiger partial charge on any atom is 0.159 e. The predicted molar refractivity (Wildman–Crippen MR) is 47.1 cm³/mol. The molecule has 0 atom stereocenters. The van der Waals surface area contributed by atoms with Gasteiger partial charge in [-0.05, 0) is 12.0 Å². The van der Waals surface area contributed by atoms with Crippen LogP contribution in [0.25, 0.3) is 5.65 Å². The van der Waals surface area contributed by atoms with E-state index in [9.17, 15) is 0 Å². The first-order valence-electron chi connectivity index (χ1n) is 4.06. The summed E-state index contributed by atoms with van der Waals surface area (Å²) in [5, 5.41) is 0. The van der Waals surface area contributed by atoms with Gasteiger partial charge in [0.2, 0.25) is 0 Å². The fraction of sp³-hybridized carbons (Fsp3) is 0.333. The number of fused-ring (bicyclic) bond motifs is 1. The van der Waals surface area contributed by atoms with Crippen molar-refractivity contribution in [2.45, 2.75) is 19.8 Å². The van der Waals surface area contributed by atoms with Gasteiger partial charge in [0.1, 0.15) is 6.33 Å². The molecule has 3 nitrogen and oxygen atoms in total. The molecule has 0 saturated carbocycles. The molecule has 0 radical (unpaired) electrons. The second-order valence-corrected chi connectivity index (χ2v) is 3.14. The summed E-state index contributed by atoms with van der Waals surface area (Å²) in [6, 6.07) is 1.90. The second-order valence-electron chi connectivity index (χ2n) is 3.14. The van der Waals surface area contributed by atoms with Crippen LogP contribution in [0.5, 0.6) is 0 Å². The summed E-state index contributed by atoms with van der Waals surface area (Å²) in [4.78, 5) is 8.56. The molecule has 2 rings (SSSR count). The summed E-state index contributed by atoms with van der Waals surface area (Å²) in [7, 11) is 0. The average molecular weight is 161 g/mol.